The van der Waals surface area contributed by atoms with Crippen LogP contribution >= 0.6 is 0 Å². The maximum absolute atomic E-state index is 13.4. The lowest BCUT2D eigenvalue weighted by Gasteiger charge is -2.34. The maximum Gasteiger partial charge on any atom is 0.323 e. The Morgan fingerprint density at radius 2 is 1.77 bits per heavy atom. The second-order valence-electron chi connectivity index (χ2n) is 10.5. The molecule has 3 atom stereocenters. The number of nitrogens with zero attached hydrogens (tertiary/aromatic N) is 2. The number of urea groups is 2. The van der Waals surface area contributed by atoms with E-state index >= 15 is 0 Å². The first kappa shape index (κ1) is 30.6. The highest BCUT2D eigenvalue weighted by Crippen LogP contribution is 2.29. The third-order valence-electron chi connectivity index (χ3n) is 6.73. The van der Waals surface area contributed by atoms with E-state index in [2.05, 4.69) is 16.0 Å². The van der Waals surface area contributed by atoms with Crippen LogP contribution in [-0.2, 0) is 11.2 Å². The van der Waals surface area contributed by atoms with Crippen molar-refractivity contribution in [2.75, 3.05) is 44.5 Å². The van der Waals surface area contributed by atoms with Crippen molar-refractivity contribution in [1.29, 1.82) is 0 Å². The van der Waals surface area contributed by atoms with Crippen LogP contribution in [0.5, 0.6) is 11.5 Å². The van der Waals surface area contributed by atoms with Crippen molar-refractivity contribution >= 4 is 29.3 Å². The monoisotopic (exact) mass is 555 g/mol. The van der Waals surface area contributed by atoms with E-state index in [1.54, 1.807) is 73.3 Å². The van der Waals surface area contributed by atoms with Gasteiger partial charge in [-0.2, -0.15) is 0 Å². The number of likely N-dealkylation sites (N-methyl/N-ethyl adjacent to an activating group) is 1. The second-order valence-corrected chi connectivity index (χ2v) is 10.5. The third kappa shape index (κ3) is 8.25. The molecule has 40 heavy (non-hydrogen) atoms. The lowest BCUT2D eigenvalue weighted by Crippen LogP contribution is -2.49. The molecule has 11 heteroatoms. The highest BCUT2D eigenvalue weighted by Gasteiger charge is 2.32. The van der Waals surface area contributed by atoms with Crippen LogP contribution < -0.4 is 25.4 Å². The highest BCUT2D eigenvalue weighted by molar-refractivity contribution is 6.00. The summed E-state index contributed by atoms with van der Waals surface area (Å²) in [5.41, 5.74) is 1.67. The fourth-order valence-corrected chi connectivity index (χ4v) is 4.40. The smallest absolute Gasteiger partial charge is 0.323 e. The Bertz CT molecular complexity index is 1170. The fraction of sp³-hybridized carbons (Fsp3) is 0.483. The number of amides is 5. The van der Waals surface area contributed by atoms with E-state index in [0.717, 1.165) is 0 Å². The Morgan fingerprint density at radius 3 is 2.40 bits per heavy atom. The number of carbonyl (C=O) groups is 3. The average molecular weight is 556 g/mol. The van der Waals surface area contributed by atoms with Gasteiger partial charge in [0.25, 0.3) is 0 Å². The SMILES string of the molecule is COc1ccc(NC(=O)Nc2ccc3c(c2)CC(=O)N([C@@H](C)CO)C[C@H](C)[C@@H](CN(C)C(=O)NC(C)C)O3)cc1. The molecule has 218 valence electrons. The number of hydrogen-bond acceptors (Lipinski definition) is 6. The zero-order valence-corrected chi connectivity index (χ0v) is 24.1. The predicted molar refractivity (Wildman–Crippen MR) is 154 cm³/mol. The van der Waals surface area contributed by atoms with Crippen LogP contribution in [-0.4, -0.2) is 84.9 Å². The lowest BCUT2D eigenvalue weighted by molar-refractivity contribution is -0.134. The molecule has 0 unspecified atom stereocenters. The summed E-state index contributed by atoms with van der Waals surface area (Å²) in [7, 11) is 3.27. The van der Waals surface area contributed by atoms with Crippen molar-refractivity contribution in [1.82, 2.24) is 15.1 Å². The molecule has 1 heterocycles. The number of anilines is 2. The van der Waals surface area contributed by atoms with Gasteiger partial charge in [-0.15, -0.1) is 0 Å². The maximum atomic E-state index is 13.4. The Kier molecular flexibility index (Phi) is 10.6. The van der Waals surface area contributed by atoms with Gasteiger partial charge < -0.3 is 40.3 Å². The molecule has 4 N–H and O–H groups in total. The van der Waals surface area contributed by atoms with Crippen LogP contribution in [0.15, 0.2) is 42.5 Å². The van der Waals surface area contributed by atoms with Crippen molar-refractivity contribution in [3.05, 3.63) is 48.0 Å². The minimum atomic E-state index is -0.444. The number of nitrogens with one attached hydrogen (secondary N) is 3. The van der Waals surface area contributed by atoms with E-state index in [1.807, 2.05) is 20.8 Å². The van der Waals surface area contributed by atoms with Gasteiger partial charge in [0.2, 0.25) is 5.91 Å². The first-order valence-corrected chi connectivity index (χ1v) is 13.4. The van der Waals surface area contributed by atoms with Gasteiger partial charge in [-0.25, -0.2) is 9.59 Å². The summed E-state index contributed by atoms with van der Waals surface area (Å²) in [6.45, 7) is 8.01. The molecular formula is C29H41N5O6. The normalized spacial score (nSPS) is 17.9. The number of benzene rings is 2. The molecule has 1 aliphatic rings. The first-order chi connectivity index (χ1) is 19.0. The summed E-state index contributed by atoms with van der Waals surface area (Å²) in [6.07, 6.45) is -0.406. The van der Waals surface area contributed by atoms with E-state index in [4.69, 9.17) is 9.47 Å². The molecule has 11 nitrogen and oxygen atoms in total. The van der Waals surface area contributed by atoms with Crippen molar-refractivity contribution in [2.45, 2.75) is 52.3 Å². The number of carbonyl (C=O) groups excluding carboxylic acids is 3. The molecule has 3 rings (SSSR count). The van der Waals surface area contributed by atoms with E-state index in [9.17, 15) is 19.5 Å². The summed E-state index contributed by atoms with van der Waals surface area (Å²) in [6, 6.07) is 11.0. The minimum absolute atomic E-state index is 0.0130. The average Bonchev–Trinajstić information content (AvgIpc) is 2.95. The van der Waals surface area contributed by atoms with Crippen LogP contribution in [0.25, 0.3) is 0 Å². The molecule has 0 bridgehead atoms. The summed E-state index contributed by atoms with van der Waals surface area (Å²) in [4.78, 5) is 41.9. The lowest BCUT2D eigenvalue weighted by atomic mass is 10.0. The van der Waals surface area contributed by atoms with Gasteiger partial charge in [-0.1, -0.05) is 6.92 Å². The molecule has 0 saturated carbocycles. The molecule has 2 aromatic carbocycles. The molecular weight excluding hydrogens is 514 g/mol. The number of hydrogen-bond donors (Lipinski definition) is 4. The van der Waals surface area contributed by atoms with Crippen LogP contribution in [0.4, 0.5) is 21.0 Å². The largest absolute Gasteiger partial charge is 0.497 e. The molecule has 0 fully saturated rings. The number of aliphatic hydroxyl groups is 1. The number of rotatable bonds is 8. The standard InChI is InChI=1S/C29H41N5O6/c1-18(2)30-29(38)33(5)16-26-19(3)15-34(20(4)17-35)27(36)14-21-13-23(9-12-25(21)40-26)32-28(37)31-22-7-10-24(39-6)11-8-22/h7-13,18-20,26,35H,14-17H2,1-6H3,(H,30,38)(H2,31,32,37)/t19-,20-,26+/m0/s1. The number of fused-ring (bicyclic) bond motifs is 1. The molecule has 2 aromatic rings. The van der Waals surface area contributed by atoms with Crippen LogP contribution in [0, 0.1) is 5.92 Å². The number of ether oxygens (including phenoxy) is 2. The van der Waals surface area contributed by atoms with Gasteiger partial charge in [0.1, 0.15) is 17.6 Å². The first-order valence-electron chi connectivity index (χ1n) is 13.4. The fourth-order valence-electron chi connectivity index (χ4n) is 4.40. The molecule has 0 spiro atoms. The molecule has 0 aromatic heterocycles. The Hall–Kier alpha value is -3.99. The van der Waals surface area contributed by atoms with E-state index < -0.39 is 18.2 Å². The summed E-state index contributed by atoms with van der Waals surface area (Å²) < 4.78 is 11.6. The van der Waals surface area contributed by atoms with E-state index in [-0.39, 0.29) is 36.9 Å². The van der Waals surface area contributed by atoms with Crippen molar-refractivity contribution < 1.29 is 29.0 Å². The van der Waals surface area contributed by atoms with Gasteiger partial charge in [0.15, 0.2) is 0 Å². The van der Waals surface area contributed by atoms with Crippen LogP contribution in [0.1, 0.15) is 33.3 Å². The number of methoxy groups -OCH3 is 1. The summed E-state index contributed by atoms with van der Waals surface area (Å²) in [5, 5.41) is 18.3. The molecule has 0 aliphatic carbocycles. The zero-order valence-electron chi connectivity index (χ0n) is 24.1. The minimum Gasteiger partial charge on any atom is -0.497 e. The Labute approximate surface area is 235 Å². The van der Waals surface area contributed by atoms with Crippen molar-refractivity contribution in [2.24, 2.45) is 5.92 Å². The van der Waals surface area contributed by atoms with Gasteiger partial charge in [0.05, 0.1) is 32.7 Å². The van der Waals surface area contributed by atoms with E-state index in [0.29, 0.717) is 41.5 Å². The van der Waals surface area contributed by atoms with Gasteiger partial charge >= 0.3 is 12.1 Å². The molecule has 1 aliphatic heterocycles. The van der Waals surface area contributed by atoms with Crippen LogP contribution in [0.2, 0.25) is 0 Å². The zero-order chi connectivity index (χ0) is 29.4. The van der Waals surface area contributed by atoms with Gasteiger partial charge in [-0.3, -0.25) is 4.79 Å². The van der Waals surface area contributed by atoms with Crippen molar-refractivity contribution in [3.8, 4) is 11.5 Å². The van der Waals surface area contributed by atoms with Crippen molar-refractivity contribution in [3.63, 3.8) is 0 Å². The quantitative estimate of drug-likeness (QED) is 0.394. The summed E-state index contributed by atoms with van der Waals surface area (Å²) in [5.74, 6) is 0.871. The Morgan fingerprint density at radius 1 is 1.12 bits per heavy atom. The molecule has 0 saturated heterocycles. The van der Waals surface area contributed by atoms with Crippen LogP contribution in [0.3, 0.4) is 0 Å². The number of aliphatic hydroxyl groups excluding tert-OH is 1. The van der Waals surface area contributed by atoms with Gasteiger partial charge in [-0.05, 0) is 63.2 Å². The second kappa shape index (κ2) is 13.9. The topological polar surface area (TPSA) is 132 Å². The highest BCUT2D eigenvalue weighted by atomic mass is 16.5. The Balaban J connectivity index is 1.85. The summed E-state index contributed by atoms with van der Waals surface area (Å²) >= 11 is 0. The molecule has 5 amide bonds. The van der Waals surface area contributed by atoms with Gasteiger partial charge in [0, 0.05) is 42.5 Å². The third-order valence-corrected chi connectivity index (χ3v) is 6.73. The van der Waals surface area contributed by atoms with E-state index in [1.165, 1.54) is 0 Å². The predicted octanol–water partition coefficient (Wildman–Crippen LogP) is 3.54. The molecule has 0 radical (unpaired) electrons.